The van der Waals surface area contributed by atoms with E-state index in [1.807, 2.05) is 0 Å². The Labute approximate surface area is 160 Å². The number of fused-ring (bicyclic) bond motifs is 1. The third kappa shape index (κ3) is 3.89. The van der Waals surface area contributed by atoms with Gasteiger partial charge in [0.05, 0.1) is 24.4 Å². The van der Waals surface area contributed by atoms with Crippen molar-refractivity contribution in [1.82, 2.24) is 14.6 Å². The second-order valence-electron chi connectivity index (χ2n) is 6.79. The number of aromatic hydroxyl groups is 1. The lowest BCUT2D eigenvalue weighted by Gasteiger charge is -2.31. The Morgan fingerprint density at radius 3 is 2.82 bits per heavy atom. The van der Waals surface area contributed by atoms with Crippen molar-refractivity contribution in [3.05, 3.63) is 53.6 Å². The molecule has 1 atom stereocenters. The number of phenolic OH excluding ortho intramolecular Hbond substituents is 1. The minimum Gasteiger partial charge on any atom is -0.508 e. The van der Waals surface area contributed by atoms with E-state index in [0.717, 1.165) is 12.1 Å². The van der Waals surface area contributed by atoms with Crippen molar-refractivity contribution in [3.63, 3.8) is 0 Å². The number of hydrogen-bond acceptors (Lipinski definition) is 7. The van der Waals surface area contributed by atoms with Gasteiger partial charge in [-0.3, -0.25) is 0 Å². The maximum atomic E-state index is 13.7. The molecule has 2 heterocycles. The molecule has 0 bridgehead atoms. The fourth-order valence-corrected chi connectivity index (χ4v) is 2.84. The molecule has 8 nitrogen and oxygen atoms in total. The maximum absolute atomic E-state index is 13.7. The molecule has 3 rings (SSSR count). The van der Waals surface area contributed by atoms with Crippen molar-refractivity contribution >= 4 is 17.4 Å². The lowest BCUT2D eigenvalue weighted by atomic mass is 9.91. The van der Waals surface area contributed by atoms with Crippen LogP contribution < -0.4 is 5.32 Å². The van der Waals surface area contributed by atoms with Crippen molar-refractivity contribution in [2.24, 2.45) is 0 Å². The fraction of sp³-hybridized carbons (Fsp3) is 0.316. The Morgan fingerprint density at radius 1 is 1.39 bits per heavy atom. The van der Waals surface area contributed by atoms with Gasteiger partial charge >= 0.3 is 5.97 Å². The largest absolute Gasteiger partial charge is 0.508 e. The Morgan fingerprint density at radius 2 is 2.14 bits per heavy atom. The molecular weight excluding hydrogens is 367 g/mol. The smallest absolute Gasteiger partial charge is 0.343 e. The summed E-state index contributed by atoms with van der Waals surface area (Å²) in [5.74, 6) is -0.968. The molecule has 2 aromatic heterocycles. The molecule has 0 radical (unpaired) electrons. The van der Waals surface area contributed by atoms with E-state index < -0.39 is 23.4 Å². The van der Waals surface area contributed by atoms with Crippen molar-refractivity contribution in [1.29, 1.82) is 0 Å². The summed E-state index contributed by atoms with van der Waals surface area (Å²) in [5.41, 5.74) is -0.739. The molecule has 0 amide bonds. The third-order valence-electron chi connectivity index (χ3n) is 4.16. The molecule has 0 saturated heterocycles. The molecule has 0 aliphatic heterocycles. The van der Waals surface area contributed by atoms with Crippen LogP contribution in [0.15, 0.2) is 36.7 Å². The Kier molecular flexibility index (Phi) is 5.19. The van der Waals surface area contributed by atoms with E-state index in [2.05, 4.69) is 15.4 Å². The van der Waals surface area contributed by atoms with Crippen LogP contribution in [-0.4, -0.2) is 43.0 Å². The highest BCUT2D eigenvalue weighted by molar-refractivity contribution is 5.95. The average molecular weight is 388 g/mol. The minimum absolute atomic E-state index is 0.168. The van der Waals surface area contributed by atoms with Gasteiger partial charge in [0.2, 0.25) is 0 Å². The number of ether oxygens (including phenoxy) is 1. The van der Waals surface area contributed by atoms with Crippen molar-refractivity contribution in [3.8, 4) is 5.75 Å². The van der Waals surface area contributed by atoms with Crippen LogP contribution in [0.3, 0.4) is 0 Å². The minimum atomic E-state index is -1.37. The molecule has 0 saturated carbocycles. The molecule has 0 fully saturated rings. The quantitative estimate of drug-likeness (QED) is 0.557. The van der Waals surface area contributed by atoms with Gasteiger partial charge in [-0.25, -0.2) is 18.7 Å². The summed E-state index contributed by atoms with van der Waals surface area (Å²) >= 11 is 0. The van der Waals surface area contributed by atoms with Crippen LogP contribution in [-0.2, 0) is 4.74 Å². The number of esters is 1. The van der Waals surface area contributed by atoms with E-state index in [0.29, 0.717) is 5.82 Å². The first-order valence-electron chi connectivity index (χ1n) is 8.69. The number of carbonyl (C=O) groups excluding carboxylic acids is 1. The summed E-state index contributed by atoms with van der Waals surface area (Å²) in [6.45, 7) is 4.96. The van der Waals surface area contributed by atoms with Gasteiger partial charge in [0.15, 0.2) is 5.65 Å². The number of halogens is 1. The van der Waals surface area contributed by atoms with E-state index in [4.69, 9.17) is 4.74 Å². The van der Waals surface area contributed by atoms with Gasteiger partial charge < -0.3 is 20.3 Å². The molecule has 3 N–H and O–H groups in total. The van der Waals surface area contributed by atoms with Gasteiger partial charge in [0, 0.05) is 11.8 Å². The summed E-state index contributed by atoms with van der Waals surface area (Å²) in [5, 5.41) is 27.8. The van der Waals surface area contributed by atoms with Gasteiger partial charge in [-0.15, -0.1) is 0 Å². The number of nitrogens with one attached hydrogen (secondary N) is 1. The van der Waals surface area contributed by atoms with Gasteiger partial charge in [-0.05, 0) is 45.0 Å². The molecule has 0 aliphatic carbocycles. The topological polar surface area (TPSA) is 109 Å². The van der Waals surface area contributed by atoms with Crippen LogP contribution in [0.25, 0.3) is 5.65 Å². The highest BCUT2D eigenvalue weighted by Crippen LogP contribution is 2.35. The summed E-state index contributed by atoms with van der Waals surface area (Å²) in [6.07, 6.45) is 2.94. The second kappa shape index (κ2) is 7.43. The first-order valence-corrected chi connectivity index (χ1v) is 8.69. The maximum Gasteiger partial charge on any atom is 0.343 e. The number of nitrogens with zero attached hydrogens (tertiary/aromatic N) is 3. The Bertz CT molecular complexity index is 1010. The molecule has 1 aromatic carbocycles. The Balaban J connectivity index is 2.01. The third-order valence-corrected chi connectivity index (χ3v) is 4.16. The molecule has 0 aliphatic rings. The van der Waals surface area contributed by atoms with Crippen LogP contribution in [0.2, 0.25) is 0 Å². The first kappa shape index (κ1) is 19.6. The van der Waals surface area contributed by atoms with E-state index in [1.54, 1.807) is 19.2 Å². The van der Waals surface area contributed by atoms with Crippen LogP contribution >= 0.6 is 0 Å². The summed E-state index contributed by atoms with van der Waals surface area (Å²) < 4.78 is 20.1. The number of aromatic nitrogens is 3. The zero-order chi connectivity index (χ0) is 20.5. The van der Waals surface area contributed by atoms with Gasteiger partial charge in [-0.1, -0.05) is 0 Å². The SMILES string of the molecule is CCOC(=O)c1cnn2ccc(NC(c3cc(F)ccc3O)C(C)(C)O)nc12. The summed E-state index contributed by atoms with van der Waals surface area (Å²) in [4.78, 5) is 16.4. The van der Waals surface area contributed by atoms with Crippen molar-refractivity contribution in [2.45, 2.75) is 32.4 Å². The number of rotatable bonds is 6. The van der Waals surface area contributed by atoms with Crippen molar-refractivity contribution < 1.29 is 24.1 Å². The van der Waals surface area contributed by atoms with Gasteiger partial charge in [-0.2, -0.15) is 5.10 Å². The number of aliphatic hydroxyl groups is 1. The summed E-state index contributed by atoms with van der Waals surface area (Å²) in [6, 6.07) is 4.20. The van der Waals surface area contributed by atoms with Crippen LogP contribution in [0.4, 0.5) is 10.2 Å². The highest BCUT2D eigenvalue weighted by atomic mass is 19.1. The molecule has 28 heavy (non-hydrogen) atoms. The molecular formula is C19H21FN4O4. The lowest BCUT2D eigenvalue weighted by Crippen LogP contribution is -2.34. The first-order chi connectivity index (χ1) is 13.2. The summed E-state index contributed by atoms with van der Waals surface area (Å²) in [7, 11) is 0. The standard InChI is InChI=1S/C19H21FN4O4/c1-4-28-18(26)13-10-21-24-8-7-15(23-17(13)24)22-16(19(2,3)27)12-9-11(20)5-6-14(12)25/h5-10,16,25,27H,4H2,1-3H3,(H,22,23). The number of hydrogen-bond donors (Lipinski definition) is 3. The second-order valence-corrected chi connectivity index (χ2v) is 6.79. The van der Waals surface area contributed by atoms with E-state index in [9.17, 15) is 19.4 Å². The lowest BCUT2D eigenvalue weighted by molar-refractivity contribution is 0.0527. The molecule has 148 valence electrons. The van der Waals surface area contributed by atoms with Crippen LogP contribution in [0.1, 0.15) is 42.7 Å². The molecule has 0 spiro atoms. The van der Waals surface area contributed by atoms with E-state index >= 15 is 0 Å². The Hall–Kier alpha value is -3.20. The zero-order valence-corrected chi connectivity index (χ0v) is 15.7. The average Bonchev–Trinajstić information content (AvgIpc) is 3.04. The molecule has 3 aromatic rings. The predicted octanol–water partition coefficient (Wildman–Crippen LogP) is 2.67. The fourth-order valence-electron chi connectivity index (χ4n) is 2.84. The monoisotopic (exact) mass is 388 g/mol. The number of carbonyl (C=O) groups is 1. The predicted molar refractivity (Wildman–Crippen MR) is 99.7 cm³/mol. The normalized spacial score (nSPS) is 12.8. The highest BCUT2D eigenvalue weighted by Gasteiger charge is 2.31. The number of phenols is 1. The van der Waals surface area contributed by atoms with Gasteiger partial charge in [0.1, 0.15) is 22.9 Å². The zero-order valence-electron chi connectivity index (χ0n) is 15.7. The van der Waals surface area contributed by atoms with E-state index in [1.165, 1.54) is 30.6 Å². The molecule has 9 heteroatoms. The van der Waals surface area contributed by atoms with Crippen LogP contribution in [0, 0.1) is 5.82 Å². The number of benzene rings is 1. The van der Waals surface area contributed by atoms with Crippen molar-refractivity contribution in [2.75, 3.05) is 11.9 Å². The van der Waals surface area contributed by atoms with Crippen LogP contribution in [0.5, 0.6) is 5.75 Å². The van der Waals surface area contributed by atoms with Gasteiger partial charge in [0.25, 0.3) is 0 Å². The molecule has 1 unspecified atom stereocenters. The number of anilines is 1. The van der Waals surface area contributed by atoms with E-state index in [-0.39, 0.29) is 29.1 Å².